The van der Waals surface area contributed by atoms with Gasteiger partial charge in [-0.1, -0.05) is 18.2 Å². The summed E-state index contributed by atoms with van der Waals surface area (Å²) in [6.45, 7) is 5.67. The molecule has 158 valence electrons. The third-order valence-corrected chi connectivity index (χ3v) is 5.10. The van der Waals surface area contributed by atoms with Crippen molar-refractivity contribution in [1.29, 1.82) is 0 Å². The summed E-state index contributed by atoms with van der Waals surface area (Å²) < 4.78 is 12.4. The molecule has 1 N–H and O–H groups in total. The number of benzene rings is 2. The quantitative estimate of drug-likeness (QED) is 0.528. The van der Waals surface area contributed by atoms with Crippen LogP contribution in [-0.4, -0.2) is 39.9 Å². The molecule has 0 spiro atoms. The molecule has 0 fully saturated rings. The lowest BCUT2D eigenvalue weighted by atomic mass is 10.1. The number of ether oxygens (including phenoxy) is 2. The maximum atomic E-state index is 12.8. The monoisotopic (exact) mass is 417 g/mol. The SMILES string of the molecule is COc1ccc(-c2c(C)nn3c(C)c(C(=O)Nc4cccc(C)c4)nnc23)cc1OC. The first kappa shape index (κ1) is 20.3. The highest BCUT2D eigenvalue weighted by atomic mass is 16.5. The molecular formula is C23H23N5O3. The second kappa shape index (κ2) is 8.06. The molecule has 31 heavy (non-hydrogen) atoms. The maximum absolute atomic E-state index is 12.8. The summed E-state index contributed by atoms with van der Waals surface area (Å²) in [6, 6.07) is 13.2. The molecule has 0 aliphatic carbocycles. The third kappa shape index (κ3) is 3.68. The third-order valence-electron chi connectivity index (χ3n) is 5.10. The van der Waals surface area contributed by atoms with Crippen LogP contribution in [0.15, 0.2) is 42.5 Å². The van der Waals surface area contributed by atoms with Gasteiger partial charge in [0, 0.05) is 5.69 Å². The Hall–Kier alpha value is -3.94. The van der Waals surface area contributed by atoms with Crippen LogP contribution in [0.5, 0.6) is 11.5 Å². The molecule has 2 aromatic carbocycles. The molecule has 0 saturated carbocycles. The van der Waals surface area contributed by atoms with Crippen LogP contribution in [0.25, 0.3) is 16.8 Å². The number of anilines is 1. The number of hydrogen-bond donors (Lipinski definition) is 1. The molecule has 0 bridgehead atoms. The van der Waals surface area contributed by atoms with Gasteiger partial charge in [0.05, 0.1) is 31.2 Å². The van der Waals surface area contributed by atoms with Crippen LogP contribution in [0.4, 0.5) is 5.69 Å². The number of methoxy groups -OCH3 is 2. The van der Waals surface area contributed by atoms with Gasteiger partial charge in [-0.3, -0.25) is 4.79 Å². The first-order valence-electron chi connectivity index (χ1n) is 9.76. The summed E-state index contributed by atoms with van der Waals surface area (Å²) in [5.41, 5.74) is 5.60. The number of amides is 1. The minimum atomic E-state index is -0.335. The van der Waals surface area contributed by atoms with Gasteiger partial charge < -0.3 is 14.8 Å². The van der Waals surface area contributed by atoms with Gasteiger partial charge in [0.15, 0.2) is 22.8 Å². The molecule has 0 atom stereocenters. The highest BCUT2D eigenvalue weighted by Gasteiger charge is 2.21. The number of aryl methyl sites for hydroxylation is 3. The number of hydrogen-bond acceptors (Lipinski definition) is 6. The zero-order valence-corrected chi connectivity index (χ0v) is 18.1. The Balaban J connectivity index is 1.76. The number of carbonyl (C=O) groups is 1. The number of rotatable bonds is 5. The normalized spacial score (nSPS) is 10.9. The Bertz CT molecular complexity index is 1300. The topological polar surface area (TPSA) is 90.6 Å². The highest BCUT2D eigenvalue weighted by Crippen LogP contribution is 2.35. The van der Waals surface area contributed by atoms with Crippen molar-refractivity contribution in [1.82, 2.24) is 19.8 Å². The predicted octanol–water partition coefficient (Wildman–Crippen LogP) is 3.99. The molecular weight excluding hydrogens is 394 g/mol. The Labute approximate surface area is 179 Å². The summed E-state index contributed by atoms with van der Waals surface area (Å²) in [5.74, 6) is 0.911. The van der Waals surface area contributed by atoms with E-state index in [9.17, 15) is 4.79 Å². The molecule has 8 heteroatoms. The fourth-order valence-corrected chi connectivity index (χ4v) is 3.56. The number of nitrogens with zero attached hydrogens (tertiary/aromatic N) is 4. The lowest BCUT2D eigenvalue weighted by molar-refractivity contribution is 0.102. The van der Waals surface area contributed by atoms with Gasteiger partial charge in [-0.05, 0) is 56.2 Å². The van der Waals surface area contributed by atoms with Crippen LogP contribution in [0, 0.1) is 20.8 Å². The zero-order chi connectivity index (χ0) is 22.1. The van der Waals surface area contributed by atoms with Crippen LogP contribution in [-0.2, 0) is 0 Å². The molecule has 0 unspecified atom stereocenters. The first-order valence-corrected chi connectivity index (χ1v) is 9.76. The minimum Gasteiger partial charge on any atom is -0.493 e. The van der Waals surface area contributed by atoms with Crippen LogP contribution in [0.3, 0.4) is 0 Å². The molecule has 0 aliphatic heterocycles. The Morgan fingerprint density at radius 1 is 0.968 bits per heavy atom. The highest BCUT2D eigenvalue weighted by molar-refractivity contribution is 6.03. The summed E-state index contributed by atoms with van der Waals surface area (Å²) in [4.78, 5) is 12.8. The van der Waals surface area contributed by atoms with Crippen LogP contribution >= 0.6 is 0 Å². The van der Waals surface area contributed by atoms with Crippen molar-refractivity contribution in [3.8, 4) is 22.6 Å². The van der Waals surface area contributed by atoms with Gasteiger partial charge >= 0.3 is 0 Å². The van der Waals surface area contributed by atoms with Crippen molar-refractivity contribution < 1.29 is 14.3 Å². The molecule has 0 aliphatic rings. The number of carbonyl (C=O) groups excluding carboxylic acids is 1. The molecule has 4 aromatic rings. The molecule has 0 radical (unpaired) electrons. The van der Waals surface area contributed by atoms with Crippen LogP contribution in [0.1, 0.15) is 27.4 Å². The van der Waals surface area contributed by atoms with Crippen molar-refractivity contribution in [2.45, 2.75) is 20.8 Å². The van der Waals surface area contributed by atoms with Gasteiger partial charge in [0.25, 0.3) is 5.91 Å². The average molecular weight is 417 g/mol. The molecule has 0 saturated heterocycles. The standard InChI is InChI=1S/C23H23N5O3/c1-13-7-6-8-17(11-13)24-23(29)21-15(3)28-22(26-25-21)20(14(2)27-28)16-9-10-18(30-4)19(12-16)31-5/h6-12H,1-5H3,(H,24,29). The maximum Gasteiger partial charge on any atom is 0.278 e. The molecule has 1 amide bonds. The van der Waals surface area contributed by atoms with Crippen molar-refractivity contribution in [2.24, 2.45) is 0 Å². The van der Waals surface area contributed by atoms with E-state index in [4.69, 9.17) is 9.47 Å². The second-order valence-corrected chi connectivity index (χ2v) is 7.22. The summed E-state index contributed by atoms with van der Waals surface area (Å²) in [7, 11) is 3.18. The Morgan fingerprint density at radius 3 is 2.45 bits per heavy atom. The number of fused-ring (bicyclic) bond motifs is 1. The molecule has 2 heterocycles. The lowest BCUT2D eigenvalue weighted by Crippen LogP contribution is -2.18. The van der Waals surface area contributed by atoms with Crippen LogP contribution in [0.2, 0.25) is 0 Å². The Morgan fingerprint density at radius 2 is 1.74 bits per heavy atom. The summed E-state index contributed by atoms with van der Waals surface area (Å²) in [5, 5.41) is 16.0. The fraction of sp³-hybridized carbons (Fsp3) is 0.217. The van der Waals surface area contributed by atoms with E-state index >= 15 is 0 Å². The van der Waals surface area contributed by atoms with Crippen molar-refractivity contribution in [3.05, 3.63) is 65.1 Å². The van der Waals surface area contributed by atoms with Crippen molar-refractivity contribution in [2.75, 3.05) is 19.5 Å². The zero-order valence-electron chi connectivity index (χ0n) is 18.1. The fourth-order valence-electron chi connectivity index (χ4n) is 3.56. The summed E-state index contributed by atoms with van der Waals surface area (Å²) >= 11 is 0. The molecule has 2 aromatic heterocycles. The summed E-state index contributed by atoms with van der Waals surface area (Å²) in [6.07, 6.45) is 0. The number of nitrogens with one attached hydrogen (secondary N) is 1. The van der Waals surface area contributed by atoms with E-state index in [1.807, 2.05) is 56.3 Å². The van der Waals surface area contributed by atoms with E-state index in [1.54, 1.807) is 25.7 Å². The van der Waals surface area contributed by atoms with Crippen LogP contribution < -0.4 is 14.8 Å². The van der Waals surface area contributed by atoms with E-state index in [2.05, 4.69) is 20.6 Å². The smallest absolute Gasteiger partial charge is 0.278 e. The van der Waals surface area contributed by atoms with Gasteiger partial charge in [0.2, 0.25) is 0 Å². The number of aromatic nitrogens is 4. The average Bonchev–Trinajstić information content (AvgIpc) is 3.10. The van der Waals surface area contributed by atoms with E-state index in [0.717, 1.165) is 22.4 Å². The van der Waals surface area contributed by atoms with E-state index in [-0.39, 0.29) is 11.6 Å². The van der Waals surface area contributed by atoms with E-state index < -0.39 is 0 Å². The van der Waals surface area contributed by atoms with Crippen molar-refractivity contribution in [3.63, 3.8) is 0 Å². The molecule has 4 rings (SSSR count). The van der Waals surface area contributed by atoms with Gasteiger partial charge in [-0.25, -0.2) is 4.52 Å². The van der Waals surface area contributed by atoms with Gasteiger partial charge in [-0.2, -0.15) is 5.10 Å². The van der Waals surface area contributed by atoms with Crippen molar-refractivity contribution >= 4 is 17.2 Å². The van der Waals surface area contributed by atoms with E-state index in [1.165, 1.54) is 0 Å². The minimum absolute atomic E-state index is 0.218. The first-order chi connectivity index (χ1) is 14.9. The van der Waals surface area contributed by atoms with Gasteiger partial charge in [0.1, 0.15) is 0 Å². The Kier molecular flexibility index (Phi) is 5.29. The molecule has 8 nitrogen and oxygen atoms in total. The second-order valence-electron chi connectivity index (χ2n) is 7.22. The lowest BCUT2D eigenvalue weighted by Gasteiger charge is -2.10. The largest absolute Gasteiger partial charge is 0.493 e. The van der Waals surface area contributed by atoms with E-state index in [0.29, 0.717) is 28.5 Å². The van der Waals surface area contributed by atoms with Gasteiger partial charge in [-0.15, -0.1) is 10.2 Å². The predicted molar refractivity (Wildman–Crippen MR) is 118 cm³/mol.